The predicted molar refractivity (Wildman–Crippen MR) is 91.0 cm³/mol. The van der Waals surface area contributed by atoms with Crippen molar-refractivity contribution in [3.8, 4) is 10.8 Å². The van der Waals surface area contributed by atoms with Crippen molar-refractivity contribution in [2.75, 3.05) is 5.32 Å². The maximum atomic E-state index is 12.1. The molecule has 0 radical (unpaired) electrons. The van der Waals surface area contributed by atoms with E-state index < -0.39 is 0 Å². The number of rotatable bonds is 4. The van der Waals surface area contributed by atoms with Gasteiger partial charge in [0.05, 0.1) is 17.0 Å². The van der Waals surface area contributed by atoms with Crippen molar-refractivity contribution >= 4 is 38.9 Å². The largest absolute Gasteiger partial charge is 0.440 e. The maximum Gasteiger partial charge on any atom is 0.236 e. The molecule has 112 valence electrons. The van der Waals surface area contributed by atoms with Crippen LogP contribution in [0.25, 0.3) is 10.8 Å². The molecule has 3 aromatic rings. The van der Waals surface area contributed by atoms with Crippen LogP contribution >= 0.6 is 27.3 Å². The average Bonchev–Trinajstić information content (AvgIpc) is 3.12. The fraction of sp³-hybridized carbons (Fsp3) is 0.125. The van der Waals surface area contributed by atoms with Gasteiger partial charge in [-0.15, -0.1) is 11.3 Å². The van der Waals surface area contributed by atoms with Crippen LogP contribution < -0.4 is 5.32 Å². The first-order valence-electron chi connectivity index (χ1n) is 6.67. The van der Waals surface area contributed by atoms with E-state index in [4.69, 9.17) is 4.42 Å². The molecular formula is C16H13BrN2O2S. The summed E-state index contributed by atoms with van der Waals surface area (Å²) in [6.45, 7) is 1.83. The van der Waals surface area contributed by atoms with Crippen LogP contribution in [0, 0.1) is 6.92 Å². The fourth-order valence-electron chi connectivity index (χ4n) is 1.99. The summed E-state index contributed by atoms with van der Waals surface area (Å²) in [5, 5.41) is 4.82. The summed E-state index contributed by atoms with van der Waals surface area (Å²) >= 11 is 4.92. The Balaban J connectivity index is 1.70. The molecule has 6 heteroatoms. The third kappa shape index (κ3) is 3.45. The van der Waals surface area contributed by atoms with E-state index in [1.165, 1.54) is 0 Å². The van der Waals surface area contributed by atoms with Crippen LogP contribution in [0.1, 0.15) is 11.5 Å². The summed E-state index contributed by atoms with van der Waals surface area (Å²) in [4.78, 5) is 17.5. The smallest absolute Gasteiger partial charge is 0.236 e. The molecule has 0 aliphatic carbocycles. The molecule has 3 rings (SSSR count). The summed E-state index contributed by atoms with van der Waals surface area (Å²) < 4.78 is 6.61. The molecule has 22 heavy (non-hydrogen) atoms. The van der Waals surface area contributed by atoms with Crippen LogP contribution in [0.5, 0.6) is 0 Å². The molecule has 1 N–H and O–H groups in total. The van der Waals surface area contributed by atoms with Crippen molar-refractivity contribution in [2.24, 2.45) is 0 Å². The van der Waals surface area contributed by atoms with E-state index in [2.05, 4.69) is 26.2 Å². The van der Waals surface area contributed by atoms with Crippen LogP contribution in [0.4, 0.5) is 5.69 Å². The molecule has 0 aliphatic heterocycles. The Labute approximate surface area is 140 Å². The first-order chi connectivity index (χ1) is 10.6. The predicted octanol–water partition coefficient (Wildman–Crippen LogP) is 4.66. The lowest BCUT2D eigenvalue weighted by molar-refractivity contribution is -0.115. The zero-order valence-electron chi connectivity index (χ0n) is 11.8. The number of aryl methyl sites for hydroxylation is 1. The van der Waals surface area contributed by atoms with E-state index >= 15 is 0 Å². The van der Waals surface area contributed by atoms with E-state index in [0.717, 1.165) is 15.0 Å². The molecular weight excluding hydrogens is 364 g/mol. The van der Waals surface area contributed by atoms with Crippen LogP contribution in [0.3, 0.4) is 0 Å². The molecule has 0 bridgehead atoms. The molecule has 0 unspecified atom stereocenters. The normalized spacial score (nSPS) is 10.6. The zero-order chi connectivity index (χ0) is 15.5. The van der Waals surface area contributed by atoms with E-state index in [9.17, 15) is 4.79 Å². The second-order valence-corrected chi connectivity index (χ2v) is 6.59. The van der Waals surface area contributed by atoms with Crippen molar-refractivity contribution < 1.29 is 9.21 Å². The number of halogens is 1. The highest BCUT2D eigenvalue weighted by molar-refractivity contribution is 9.10. The molecule has 0 spiro atoms. The Kier molecular flexibility index (Phi) is 4.40. The highest BCUT2D eigenvalue weighted by Gasteiger charge is 2.15. The number of carbonyl (C=O) groups excluding carboxylic acids is 1. The van der Waals surface area contributed by atoms with Gasteiger partial charge >= 0.3 is 0 Å². The van der Waals surface area contributed by atoms with E-state index in [1.54, 1.807) is 11.3 Å². The van der Waals surface area contributed by atoms with Gasteiger partial charge in [-0.3, -0.25) is 4.79 Å². The van der Waals surface area contributed by atoms with Crippen molar-refractivity contribution in [3.05, 3.63) is 57.7 Å². The Morgan fingerprint density at radius 3 is 2.77 bits per heavy atom. The number of anilines is 1. The van der Waals surface area contributed by atoms with Gasteiger partial charge in [-0.05, 0) is 42.6 Å². The van der Waals surface area contributed by atoms with Gasteiger partial charge in [0, 0.05) is 10.2 Å². The summed E-state index contributed by atoms with van der Waals surface area (Å²) in [7, 11) is 0. The standard InChI is InChI=1S/C16H13BrN2O2S/c1-10-13(19-16(21-10)14-3-2-8-22-14)9-15(20)18-12-6-4-11(17)5-7-12/h2-8H,9H2,1H3,(H,18,20). The first kappa shape index (κ1) is 15.0. The third-order valence-corrected chi connectivity index (χ3v) is 4.47. The number of hydrogen-bond acceptors (Lipinski definition) is 4. The molecule has 2 heterocycles. The Morgan fingerprint density at radius 1 is 1.32 bits per heavy atom. The Bertz CT molecular complexity index is 779. The number of carbonyl (C=O) groups is 1. The fourth-order valence-corrected chi connectivity index (χ4v) is 2.90. The summed E-state index contributed by atoms with van der Waals surface area (Å²) in [6, 6.07) is 11.3. The number of nitrogens with zero attached hydrogens (tertiary/aromatic N) is 1. The average molecular weight is 377 g/mol. The van der Waals surface area contributed by atoms with Gasteiger partial charge in [-0.1, -0.05) is 22.0 Å². The number of nitrogens with one attached hydrogen (secondary N) is 1. The minimum Gasteiger partial charge on any atom is -0.440 e. The molecule has 0 aliphatic rings. The highest BCUT2D eigenvalue weighted by Crippen LogP contribution is 2.26. The Morgan fingerprint density at radius 2 is 2.09 bits per heavy atom. The van der Waals surface area contributed by atoms with Gasteiger partial charge in [0.15, 0.2) is 0 Å². The van der Waals surface area contributed by atoms with Gasteiger partial charge in [-0.25, -0.2) is 4.98 Å². The van der Waals surface area contributed by atoms with Crippen molar-refractivity contribution in [2.45, 2.75) is 13.3 Å². The lowest BCUT2D eigenvalue weighted by Crippen LogP contribution is -2.15. The molecule has 4 nitrogen and oxygen atoms in total. The van der Waals surface area contributed by atoms with Crippen LogP contribution in [0.2, 0.25) is 0 Å². The second-order valence-electron chi connectivity index (χ2n) is 4.73. The van der Waals surface area contributed by atoms with Gasteiger partial charge in [0.25, 0.3) is 0 Å². The molecule has 1 amide bonds. The third-order valence-electron chi connectivity index (χ3n) is 3.08. The minimum absolute atomic E-state index is 0.114. The molecule has 1 aromatic carbocycles. The number of amides is 1. The summed E-state index contributed by atoms with van der Waals surface area (Å²) in [5.74, 6) is 1.13. The lowest BCUT2D eigenvalue weighted by Gasteiger charge is -2.04. The maximum absolute atomic E-state index is 12.1. The number of oxazole rings is 1. The zero-order valence-corrected chi connectivity index (χ0v) is 14.2. The van der Waals surface area contributed by atoms with Crippen molar-refractivity contribution in [3.63, 3.8) is 0 Å². The molecule has 0 fully saturated rings. The monoisotopic (exact) mass is 376 g/mol. The van der Waals surface area contributed by atoms with Crippen LogP contribution in [-0.4, -0.2) is 10.9 Å². The molecule has 0 saturated carbocycles. The SMILES string of the molecule is Cc1oc(-c2cccs2)nc1CC(=O)Nc1ccc(Br)cc1. The molecule has 0 atom stereocenters. The van der Waals surface area contributed by atoms with Crippen molar-refractivity contribution in [1.29, 1.82) is 0 Å². The number of benzene rings is 1. The summed E-state index contributed by atoms with van der Waals surface area (Å²) in [5.41, 5.74) is 1.42. The molecule has 0 saturated heterocycles. The topological polar surface area (TPSA) is 55.1 Å². The Hall–Kier alpha value is -1.92. The van der Waals surface area contributed by atoms with E-state index in [-0.39, 0.29) is 12.3 Å². The number of thiophene rings is 1. The summed E-state index contributed by atoms with van der Waals surface area (Å²) in [6.07, 6.45) is 0.191. The minimum atomic E-state index is -0.114. The van der Waals surface area contributed by atoms with E-state index in [0.29, 0.717) is 17.3 Å². The van der Waals surface area contributed by atoms with Crippen LogP contribution in [-0.2, 0) is 11.2 Å². The highest BCUT2D eigenvalue weighted by atomic mass is 79.9. The first-order valence-corrected chi connectivity index (χ1v) is 8.34. The molecule has 2 aromatic heterocycles. The van der Waals surface area contributed by atoms with Crippen LogP contribution in [0.15, 0.2) is 50.7 Å². The number of hydrogen-bond donors (Lipinski definition) is 1. The number of aromatic nitrogens is 1. The van der Waals surface area contributed by atoms with E-state index in [1.807, 2.05) is 48.7 Å². The van der Waals surface area contributed by atoms with Gasteiger partial charge < -0.3 is 9.73 Å². The second kappa shape index (κ2) is 6.46. The van der Waals surface area contributed by atoms with Gasteiger partial charge in [0.1, 0.15) is 5.76 Å². The van der Waals surface area contributed by atoms with Crippen molar-refractivity contribution in [1.82, 2.24) is 4.98 Å². The quantitative estimate of drug-likeness (QED) is 0.720. The van der Waals surface area contributed by atoms with Gasteiger partial charge in [0.2, 0.25) is 11.8 Å². The lowest BCUT2D eigenvalue weighted by atomic mass is 10.2. The van der Waals surface area contributed by atoms with Gasteiger partial charge in [-0.2, -0.15) is 0 Å².